The maximum Gasteiger partial charge on any atom is 0.260 e. The molecule has 0 saturated carbocycles. The van der Waals surface area contributed by atoms with E-state index in [2.05, 4.69) is 25.7 Å². The fourth-order valence-electron chi connectivity index (χ4n) is 7.57. The molecule has 0 spiro atoms. The number of hydrogen-bond acceptors (Lipinski definition) is 13. The van der Waals surface area contributed by atoms with E-state index in [0.717, 1.165) is 36.8 Å². The normalized spacial score (nSPS) is 18.0. The minimum absolute atomic E-state index is 0.00835. The van der Waals surface area contributed by atoms with Crippen molar-refractivity contribution in [3.8, 4) is 33.3 Å². The number of rotatable bonds is 12. The predicted octanol–water partition coefficient (Wildman–Crippen LogP) is 6.07. The number of amides is 3. The van der Waals surface area contributed by atoms with Crippen LogP contribution < -0.4 is 10.1 Å². The molecule has 2 aliphatic rings. The van der Waals surface area contributed by atoms with E-state index in [9.17, 15) is 24.6 Å². The SMILES string of the molecule is Cc1ncsc1-c1ccc([C@H](C)NC(=O)[C@@H]2C[C@@H](O)CN2C(=O)[C@@H](c2cc(OCC(=O)N3CC(c4cc5nnc(-c6ccccc6O)cc5s4)C3)no2)C(C)C)cc1. The number of aryl methyl sites for hydroxylation is 1. The van der Waals surface area contributed by atoms with Gasteiger partial charge < -0.3 is 34.6 Å². The Hall–Kier alpha value is -5.71. The molecule has 16 heteroatoms. The number of likely N-dealkylation sites (tertiary alicyclic amines) is 2. The summed E-state index contributed by atoms with van der Waals surface area (Å²) in [6, 6.07) is 19.2. The number of fused-ring (bicyclic) bond motifs is 1. The van der Waals surface area contributed by atoms with Gasteiger partial charge in [-0.3, -0.25) is 14.4 Å². The lowest BCUT2D eigenvalue weighted by molar-refractivity contribution is -0.141. The van der Waals surface area contributed by atoms with Crippen LogP contribution in [0.1, 0.15) is 67.0 Å². The number of nitrogens with one attached hydrogen (secondary N) is 1. The maximum absolute atomic E-state index is 14.1. The first kappa shape index (κ1) is 39.1. The number of aliphatic hydroxyl groups excluding tert-OH is 1. The van der Waals surface area contributed by atoms with Crippen LogP contribution in [-0.2, 0) is 14.4 Å². The van der Waals surface area contributed by atoms with Gasteiger partial charge in [-0.2, -0.15) is 0 Å². The van der Waals surface area contributed by atoms with Crippen molar-refractivity contribution in [2.24, 2.45) is 5.92 Å². The molecule has 8 rings (SSSR count). The zero-order chi connectivity index (χ0) is 40.7. The molecule has 2 aliphatic heterocycles. The van der Waals surface area contributed by atoms with Crippen LogP contribution in [0.25, 0.3) is 31.9 Å². The van der Waals surface area contributed by atoms with Crippen molar-refractivity contribution in [3.63, 3.8) is 0 Å². The second kappa shape index (κ2) is 16.3. The Kier molecular flexibility index (Phi) is 11.0. The molecule has 2 saturated heterocycles. The van der Waals surface area contributed by atoms with Crippen molar-refractivity contribution in [1.29, 1.82) is 0 Å². The number of aliphatic hydroxyl groups is 1. The molecule has 2 aromatic carbocycles. The van der Waals surface area contributed by atoms with Gasteiger partial charge in [-0.25, -0.2) is 4.98 Å². The molecule has 3 amide bonds. The predicted molar refractivity (Wildman–Crippen MR) is 218 cm³/mol. The summed E-state index contributed by atoms with van der Waals surface area (Å²) >= 11 is 3.17. The van der Waals surface area contributed by atoms with Gasteiger partial charge in [-0.15, -0.1) is 32.9 Å². The summed E-state index contributed by atoms with van der Waals surface area (Å²) in [6.45, 7) is 8.39. The minimum Gasteiger partial charge on any atom is -0.507 e. The topological polar surface area (TPSA) is 184 Å². The van der Waals surface area contributed by atoms with Crippen LogP contribution in [0, 0.1) is 12.8 Å². The van der Waals surface area contributed by atoms with Gasteiger partial charge in [-0.1, -0.05) is 50.2 Å². The number of para-hydroxylation sites is 1. The van der Waals surface area contributed by atoms with E-state index in [-0.39, 0.29) is 72.6 Å². The third kappa shape index (κ3) is 7.91. The quantitative estimate of drug-likeness (QED) is 0.130. The monoisotopic (exact) mass is 821 g/mol. The standard InChI is InChI=1S/C42H43N7O7S2/c1-22(2)39(42(54)49-19-28(50)13-32(49)41(53)44-23(3)25-9-11-26(12-10-25)40-24(4)43-21-57-40)34-16-37(47-56-34)55-20-38(52)48-17-27(18-48)35-15-31-36(58-35)14-30(45-46-31)29-7-5-6-8-33(29)51/h5-12,14-16,21-23,27-28,32,39,50-51H,13,17-20H2,1-4H3,(H,44,53)/t23-,28+,32-,39+/m0/s1. The van der Waals surface area contributed by atoms with Crippen molar-refractivity contribution in [2.45, 2.75) is 64.1 Å². The van der Waals surface area contributed by atoms with E-state index in [1.807, 2.05) is 75.7 Å². The van der Waals surface area contributed by atoms with Crippen LogP contribution in [0.4, 0.5) is 0 Å². The third-order valence-corrected chi connectivity index (χ3v) is 13.1. The molecule has 4 atom stereocenters. The zero-order valence-corrected chi connectivity index (χ0v) is 34.0. The van der Waals surface area contributed by atoms with Gasteiger partial charge in [0.05, 0.1) is 38.6 Å². The molecule has 6 aromatic rings. The molecule has 0 bridgehead atoms. The number of carbonyl (C=O) groups is 3. The van der Waals surface area contributed by atoms with Gasteiger partial charge in [0, 0.05) is 48.5 Å². The molecule has 58 heavy (non-hydrogen) atoms. The van der Waals surface area contributed by atoms with Gasteiger partial charge in [-0.05, 0) is 60.3 Å². The first-order valence-electron chi connectivity index (χ1n) is 19.2. The van der Waals surface area contributed by atoms with E-state index in [1.54, 1.807) is 45.8 Å². The molecular formula is C42H43N7O7S2. The number of β-amino-alcohol motifs (C(OH)–C–C–N with tert-alkyl or cyclic N) is 1. The number of phenolic OH excluding ortho intramolecular Hbond substituents is 1. The molecule has 14 nitrogen and oxygen atoms in total. The number of nitrogens with zero attached hydrogens (tertiary/aromatic N) is 6. The van der Waals surface area contributed by atoms with Crippen LogP contribution in [0.5, 0.6) is 11.6 Å². The van der Waals surface area contributed by atoms with Crippen LogP contribution in [-0.4, -0.2) is 96.5 Å². The number of phenols is 1. The number of carbonyl (C=O) groups excluding carboxylic acids is 3. The van der Waals surface area contributed by atoms with E-state index in [4.69, 9.17) is 9.26 Å². The van der Waals surface area contributed by atoms with Crippen LogP contribution >= 0.6 is 22.7 Å². The summed E-state index contributed by atoms with van der Waals surface area (Å²) in [4.78, 5) is 50.5. The molecule has 4 aromatic heterocycles. The largest absolute Gasteiger partial charge is 0.507 e. The summed E-state index contributed by atoms with van der Waals surface area (Å²) < 4.78 is 12.3. The second-order valence-electron chi connectivity index (χ2n) is 15.2. The summed E-state index contributed by atoms with van der Waals surface area (Å²) in [7, 11) is 0. The highest BCUT2D eigenvalue weighted by Gasteiger charge is 2.43. The lowest BCUT2D eigenvalue weighted by Crippen LogP contribution is -2.49. The van der Waals surface area contributed by atoms with Gasteiger partial charge in [0.2, 0.25) is 11.8 Å². The van der Waals surface area contributed by atoms with Crippen LogP contribution in [0.15, 0.2) is 76.8 Å². The Labute approximate surface area is 342 Å². The zero-order valence-electron chi connectivity index (χ0n) is 32.4. The summed E-state index contributed by atoms with van der Waals surface area (Å²) in [6.07, 6.45) is -0.749. The number of ether oxygens (including phenoxy) is 1. The first-order valence-corrected chi connectivity index (χ1v) is 20.8. The van der Waals surface area contributed by atoms with Crippen molar-refractivity contribution < 1.29 is 33.9 Å². The van der Waals surface area contributed by atoms with E-state index in [1.165, 1.54) is 11.0 Å². The molecule has 300 valence electrons. The van der Waals surface area contributed by atoms with Crippen molar-refractivity contribution in [1.82, 2.24) is 35.5 Å². The summed E-state index contributed by atoms with van der Waals surface area (Å²) in [5.41, 5.74) is 6.72. The molecule has 3 N–H and O–H groups in total. The lowest BCUT2D eigenvalue weighted by Gasteiger charge is -2.38. The van der Waals surface area contributed by atoms with E-state index >= 15 is 0 Å². The Balaban J connectivity index is 0.854. The average molecular weight is 822 g/mol. The average Bonchev–Trinajstić information content (AvgIpc) is 4.00. The number of thiazole rings is 1. The first-order chi connectivity index (χ1) is 27.9. The summed E-state index contributed by atoms with van der Waals surface area (Å²) in [5, 5.41) is 36.6. The van der Waals surface area contributed by atoms with Gasteiger partial charge in [0.25, 0.3) is 11.8 Å². The molecule has 6 heterocycles. The van der Waals surface area contributed by atoms with Crippen LogP contribution in [0.3, 0.4) is 0 Å². The molecule has 0 aliphatic carbocycles. The lowest BCUT2D eigenvalue weighted by atomic mass is 9.91. The van der Waals surface area contributed by atoms with Crippen molar-refractivity contribution >= 4 is 50.6 Å². The van der Waals surface area contributed by atoms with Gasteiger partial charge >= 0.3 is 0 Å². The minimum atomic E-state index is -0.872. The Morgan fingerprint density at radius 2 is 1.79 bits per heavy atom. The molecular weight excluding hydrogens is 779 g/mol. The second-order valence-corrected chi connectivity index (χ2v) is 17.2. The van der Waals surface area contributed by atoms with Gasteiger partial charge in [0.1, 0.15) is 23.2 Å². The van der Waals surface area contributed by atoms with E-state index < -0.39 is 18.1 Å². The summed E-state index contributed by atoms with van der Waals surface area (Å²) in [5.74, 6) is -1.37. The Morgan fingerprint density at radius 1 is 1.02 bits per heavy atom. The van der Waals surface area contributed by atoms with Gasteiger partial charge in [0.15, 0.2) is 12.4 Å². The number of benzene rings is 2. The highest BCUT2D eigenvalue weighted by molar-refractivity contribution is 7.19. The number of hydrogen-bond donors (Lipinski definition) is 3. The number of thiophene rings is 1. The fraction of sp³-hybridized carbons (Fsp3) is 0.357. The smallest absolute Gasteiger partial charge is 0.260 e. The highest BCUT2D eigenvalue weighted by atomic mass is 32.1. The van der Waals surface area contributed by atoms with E-state index in [0.29, 0.717) is 24.3 Å². The number of aromatic hydroxyl groups is 1. The maximum atomic E-state index is 14.1. The third-order valence-electron chi connectivity index (χ3n) is 10.8. The molecule has 0 unspecified atom stereocenters. The fourth-order valence-corrected chi connectivity index (χ4v) is 9.50. The number of aromatic nitrogens is 4. The highest BCUT2D eigenvalue weighted by Crippen LogP contribution is 2.38. The molecule has 2 fully saturated rings. The Bertz CT molecular complexity index is 2460. The Morgan fingerprint density at radius 3 is 2.52 bits per heavy atom. The van der Waals surface area contributed by atoms with Crippen LogP contribution in [0.2, 0.25) is 0 Å². The van der Waals surface area contributed by atoms with Crippen molar-refractivity contribution in [2.75, 3.05) is 26.2 Å². The molecule has 0 radical (unpaired) electrons. The van der Waals surface area contributed by atoms with Crippen molar-refractivity contribution in [3.05, 3.63) is 94.1 Å².